The maximum Gasteiger partial charge on any atom is 0.323 e. The quantitative estimate of drug-likeness (QED) is 0.577. The number of fused-ring (bicyclic) bond motifs is 1. The maximum absolute atomic E-state index is 13.0. The predicted octanol–water partition coefficient (Wildman–Crippen LogP) is 0.850. The van der Waals surface area contributed by atoms with Gasteiger partial charge in [0.05, 0.1) is 23.4 Å². The van der Waals surface area contributed by atoms with E-state index in [9.17, 15) is 24.3 Å². The lowest BCUT2D eigenvalue weighted by molar-refractivity contribution is -0.309. The summed E-state index contributed by atoms with van der Waals surface area (Å²) >= 11 is 0. The van der Waals surface area contributed by atoms with E-state index in [1.807, 2.05) is 13.8 Å². The van der Waals surface area contributed by atoms with E-state index in [0.29, 0.717) is 24.2 Å². The second kappa shape index (κ2) is 10.1. The van der Waals surface area contributed by atoms with Gasteiger partial charge in [-0.05, 0) is 24.0 Å². The van der Waals surface area contributed by atoms with Crippen LogP contribution in [-0.4, -0.2) is 42.4 Å². The van der Waals surface area contributed by atoms with E-state index >= 15 is 0 Å². The van der Waals surface area contributed by atoms with Gasteiger partial charge in [0.1, 0.15) is 12.6 Å². The normalized spacial score (nSPS) is 17.1. The van der Waals surface area contributed by atoms with Crippen LogP contribution in [0.4, 0.5) is 16.2 Å². The van der Waals surface area contributed by atoms with Gasteiger partial charge in [-0.25, -0.2) is 4.79 Å². The number of carboxylic acids is 1. The minimum Gasteiger partial charge on any atom is -0.548 e. The van der Waals surface area contributed by atoms with Gasteiger partial charge in [0.25, 0.3) is 0 Å². The Balaban J connectivity index is 2.22. The van der Waals surface area contributed by atoms with Crippen LogP contribution in [0.5, 0.6) is 0 Å². The van der Waals surface area contributed by atoms with Crippen LogP contribution in [0, 0.1) is 11.8 Å². The molecule has 0 unspecified atom stereocenters. The van der Waals surface area contributed by atoms with Gasteiger partial charge < -0.3 is 25.9 Å². The number of urea groups is 1. The molecule has 9 heteroatoms. The summed E-state index contributed by atoms with van der Waals surface area (Å²) in [5.41, 5.74) is 1.02. The third-order valence-corrected chi connectivity index (χ3v) is 5.55. The summed E-state index contributed by atoms with van der Waals surface area (Å²) in [6.07, 6.45) is 1.12. The molecule has 1 heterocycles. The number of carbonyl (C=O) groups is 4. The van der Waals surface area contributed by atoms with Gasteiger partial charge in [0, 0.05) is 0 Å². The molecule has 0 fully saturated rings. The average molecular weight is 417 g/mol. The van der Waals surface area contributed by atoms with Crippen LogP contribution in [0.25, 0.3) is 0 Å². The SMILES string of the molecule is CC[C@@H](C)[C@H](NC(=O)[C@@H](NC(=O)N1CC(=O)Nc2ccccc21)[C@@H](C)CC)C(=O)[O-]. The van der Waals surface area contributed by atoms with Crippen LogP contribution >= 0.6 is 0 Å². The molecule has 3 N–H and O–H groups in total. The number of carbonyl (C=O) groups excluding carboxylic acids is 4. The van der Waals surface area contributed by atoms with Crippen molar-refractivity contribution in [2.75, 3.05) is 16.8 Å². The van der Waals surface area contributed by atoms with E-state index in [-0.39, 0.29) is 24.3 Å². The number of nitrogens with zero attached hydrogens (tertiary/aromatic N) is 1. The highest BCUT2D eigenvalue weighted by atomic mass is 16.4. The highest BCUT2D eigenvalue weighted by molar-refractivity contribution is 6.10. The fourth-order valence-corrected chi connectivity index (χ4v) is 3.24. The Morgan fingerprint density at radius 1 is 1.07 bits per heavy atom. The molecule has 1 aliphatic heterocycles. The van der Waals surface area contributed by atoms with E-state index in [1.165, 1.54) is 4.90 Å². The second-order valence-corrected chi connectivity index (χ2v) is 7.65. The molecule has 1 aliphatic rings. The summed E-state index contributed by atoms with van der Waals surface area (Å²) in [6, 6.07) is 4.13. The van der Waals surface area contributed by atoms with Gasteiger partial charge in [0.2, 0.25) is 11.8 Å². The Morgan fingerprint density at radius 3 is 2.27 bits per heavy atom. The van der Waals surface area contributed by atoms with E-state index < -0.39 is 30.0 Å². The maximum atomic E-state index is 13.0. The molecule has 0 radical (unpaired) electrons. The average Bonchev–Trinajstić information content (AvgIpc) is 2.73. The lowest BCUT2D eigenvalue weighted by atomic mass is 9.95. The molecule has 0 saturated heterocycles. The first kappa shape index (κ1) is 23.2. The number of carboxylic acid groups (broad SMARTS) is 1. The van der Waals surface area contributed by atoms with E-state index in [1.54, 1.807) is 38.1 Å². The van der Waals surface area contributed by atoms with Gasteiger partial charge in [-0.3, -0.25) is 14.5 Å². The molecule has 4 atom stereocenters. The number of benzene rings is 1. The first-order chi connectivity index (χ1) is 14.2. The van der Waals surface area contributed by atoms with Crippen molar-refractivity contribution in [2.45, 2.75) is 52.6 Å². The standard InChI is InChI=1S/C21H30N4O5/c1-5-12(3)17(19(27)23-18(20(28)29)13(4)6-2)24-21(30)25-11-16(26)22-14-9-7-8-10-15(14)25/h7-10,12-13,17-18H,5-6,11H2,1-4H3,(H,22,26)(H,23,27)(H,24,30)(H,28,29)/p-1/t12-,13+,17-,18-/m0/s1. The van der Waals surface area contributed by atoms with E-state index in [2.05, 4.69) is 16.0 Å². The summed E-state index contributed by atoms with van der Waals surface area (Å²) in [5, 5.41) is 19.4. The Hall–Kier alpha value is -3.10. The topological polar surface area (TPSA) is 131 Å². The summed E-state index contributed by atoms with van der Waals surface area (Å²) in [5.74, 6) is -2.90. The molecular weight excluding hydrogens is 388 g/mol. The molecular formula is C21H29N4O5-. The third-order valence-electron chi connectivity index (χ3n) is 5.55. The molecule has 0 saturated carbocycles. The third kappa shape index (κ3) is 5.28. The second-order valence-electron chi connectivity index (χ2n) is 7.65. The van der Waals surface area contributed by atoms with Crippen LogP contribution in [-0.2, 0) is 14.4 Å². The fourth-order valence-electron chi connectivity index (χ4n) is 3.24. The molecule has 0 spiro atoms. The van der Waals surface area contributed by atoms with E-state index in [0.717, 1.165) is 0 Å². The molecule has 30 heavy (non-hydrogen) atoms. The van der Waals surface area contributed by atoms with Crippen molar-refractivity contribution in [1.29, 1.82) is 0 Å². The number of hydrogen-bond acceptors (Lipinski definition) is 5. The van der Waals surface area contributed by atoms with Gasteiger partial charge in [0.15, 0.2) is 0 Å². The van der Waals surface area contributed by atoms with Gasteiger partial charge in [-0.1, -0.05) is 52.7 Å². The van der Waals surface area contributed by atoms with Gasteiger partial charge in [-0.2, -0.15) is 0 Å². The highest BCUT2D eigenvalue weighted by Crippen LogP contribution is 2.29. The Morgan fingerprint density at radius 2 is 1.67 bits per heavy atom. The van der Waals surface area contributed by atoms with Crippen molar-refractivity contribution in [1.82, 2.24) is 10.6 Å². The summed E-state index contributed by atoms with van der Waals surface area (Å²) < 4.78 is 0. The number of nitrogens with one attached hydrogen (secondary N) is 3. The number of anilines is 2. The van der Waals surface area contributed by atoms with Crippen molar-refractivity contribution >= 4 is 35.2 Å². The highest BCUT2D eigenvalue weighted by Gasteiger charge is 2.33. The molecule has 0 aliphatic carbocycles. The van der Waals surface area contributed by atoms with Gasteiger partial charge in [-0.15, -0.1) is 0 Å². The zero-order valence-corrected chi connectivity index (χ0v) is 17.7. The van der Waals surface area contributed by atoms with Crippen molar-refractivity contribution in [3.8, 4) is 0 Å². The molecule has 0 aromatic heterocycles. The monoisotopic (exact) mass is 417 g/mol. The minimum atomic E-state index is -1.37. The van der Waals surface area contributed by atoms with Crippen LogP contribution in [0.15, 0.2) is 24.3 Å². The van der Waals surface area contributed by atoms with Crippen LogP contribution < -0.4 is 26.0 Å². The largest absolute Gasteiger partial charge is 0.548 e. The molecule has 164 valence electrons. The number of aliphatic carboxylic acids is 1. The molecule has 9 nitrogen and oxygen atoms in total. The minimum absolute atomic E-state index is 0.188. The van der Waals surface area contributed by atoms with Crippen molar-refractivity contribution in [2.24, 2.45) is 11.8 Å². The lowest BCUT2D eigenvalue weighted by Crippen LogP contribution is -2.60. The molecule has 2 rings (SSSR count). The summed E-state index contributed by atoms with van der Waals surface area (Å²) in [4.78, 5) is 50.6. The first-order valence-electron chi connectivity index (χ1n) is 10.2. The van der Waals surface area contributed by atoms with Crippen LogP contribution in [0.2, 0.25) is 0 Å². The zero-order chi connectivity index (χ0) is 22.4. The predicted molar refractivity (Wildman–Crippen MR) is 111 cm³/mol. The molecule has 4 amide bonds. The zero-order valence-electron chi connectivity index (χ0n) is 17.7. The van der Waals surface area contributed by atoms with Crippen molar-refractivity contribution in [3.05, 3.63) is 24.3 Å². The van der Waals surface area contributed by atoms with Crippen molar-refractivity contribution < 1.29 is 24.3 Å². The Kier molecular flexibility index (Phi) is 7.79. The summed E-state index contributed by atoms with van der Waals surface area (Å²) in [6.45, 7) is 7.00. The first-order valence-corrected chi connectivity index (χ1v) is 10.2. The van der Waals surface area contributed by atoms with Crippen LogP contribution in [0.1, 0.15) is 40.5 Å². The summed E-state index contributed by atoms with van der Waals surface area (Å²) in [7, 11) is 0. The number of amides is 4. The smallest absolute Gasteiger partial charge is 0.323 e. The van der Waals surface area contributed by atoms with Crippen LogP contribution in [0.3, 0.4) is 0 Å². The number of hydrogen-bond donors (Lipinski definition) is 3. The van der Waals surface area contributed by atoms with E-state index in [4.69, 9.17) is 0 Å². The number of rotatable bonds is 8. The fraction of sp³-hybridized carbons (Fsp3) is 0.524. The molecule has 0 bridgehead atoms. The lowest BCUT2D eigenvalue weighted by Gasteiger charge is -2.33. The Bertz CT molecular complexity index is 812. The molecule has 1 aromatic rings. The van der Waals surface area contributed by atoms with Crippen molar-refractivity contribution in [3.63, 3.8) is 0 Å². The number of para-hydroxylation sites is 2. The van der Waals surface area contributed by atoms with Gasteiger partial charge >= 0.3 is 6.03 Å². The Labute approximate surface area is 176 Å². The molecule has 1 aromatic carbocycles.